The molecule has 2 aliphatic heterocycles. The molecule has 2 aliphatic rings. The van der Waals surface area contributed by atoms with Crippen LogP contribution < -0.4 is 10.2 Å². The third-order valence-electron chi connectivity index (χ3n) is 10.6. The zero-order chi connectivity index (χ0) is 38.2. The first-order valence-corrected chi connectivity index (χ1v) is 19.5. The fraction of sp³-hybridized carbons (Fsp3) is 0.262. The van der Waals surface area contributed by atoms with Crippen LogP contribution in [0.15, 0.2) is 91.3 Å². The van der Waals surface area contributed by atoms with E-state index >= 15 is 0 Å². The molecular weight excluding hydrogens is 759 g/mol. The summed E-state index contributed by atoms with van der Waals surface area (Å²) >= 11 is 19.6. The molecule has 0 saturated carbocycles. The summed E-state index contributed by atoms with van der Waals surface area (Å²) in [7, 11) is 0. The van der Waals surface area contributed by atoms with Gasteiger partial charge in [0.15, 0.2) is 0 Å². The lowest BCUT2D eigenvalue weighted by atomic mass is 9.99. The Kier molecular flexibility index (Phi) is 10.5. The Bertz CT molecular complexity index is 2390. The number of H-pyrrole nitrogens is 1. The Hall–Kier alpha value is -5.00. The first-order valence-electron chi connectivity index (χ1n) is 18.3. The number of carbonyl (C=O) groups excluding carboxylic acids is 2. The average Bonchev–Trinajstić information content (AvgIpc) is 3.80. The number of imidazole rings is 1. The van der Waals surface area contributed by atoms with E-state index in [4.69, 9.17) is 44.5 Å². The number of benzene rings is 4. The van der Waals surface area contributed by atoms with Gasteiger partial charge >= 0.3 is 6.09 Å². The molecule has 2 aromatic heterocycles. The van der Waals surface area contributed by atoms with Crippen LogP contribution in [0.1, 0.15) is 53.8 Å². The lowest BCUT2D eigenvalue weighted by Gasteiger charge is -2.40. The van der Waals surface area contributed by atoms with E-state index in [0.717, 1.165) is 41.5 Å². The van der Waals surface area contributed by atoms with Crippen LogP contribution in [0.3, 0.4) is 0 Å². The van der Waals surface area contributed by atoms with E-state index in [-0.39, 0.29) is 30.7 Å². The largest absolute Gasteiger partial charge is 0.449 e. The highest BCUT2D eigenvalue weighted by atomic mass is 35.5. The van der Waals surface area contributed by atoms with Crippen molar-refractivity contribution >= 4 is 69.1 Å². The smallest absolute Gasteiger partial charge is 0.410 e. The Balaban J connectivity index is 1.21. The predicted molar refractivity (Wildman–Crippen MR) is 218 cm³/mol. The molecule has 6 aromatic rings. The van der Waals surface area contributed by atoms with Gasteiger partial charge in [-0.2, -0.15) is 0 Å². The summed E-state index contributed by atoms with van der Waals surface area (Å²) in [5, 5.41) is 15.7. The van der Waals surface area contributed by atoms with Crippen molar-refractivity contribution in [3.05, 3.63) is 123 Å². The van der Waals surface area contributed by atoms with Crippen LogP contribution >= 0.6 is 34.8 Å². The maximum absolute atomic E-state index is 14.8. The Morgan fingerprint density at radius 2 is 1.75 bits per heavy atom. The molecule has 282 valence electrons. The quantitative estimate of drug-likeness (QED) is 0.134. The van der Waals surface area contributed by atoms with Crippen LogP contribution in [0.2, 0.25) is 15.1 Å². The zero-order valence-electron chi connectivity index (χ0n) is 30.1. The highest BCUT2D eigenvalue weighted by molar-refractivity contribution is 6.35. The van der Waals surface area contributed by atoms with Gasteiger partial charge in [-0.05, 0) is 73.7 Å². The van der Waals surface area contributed by atoms with E-state index in [0.29, 0.717) is 80.7 Å². The van der Waals surface area contributed by atoms with E-state index in [1.165, 1.54) is 0 Å². The topological polar surface area (TPSA) is 116 Å². The number of fused-ring (bicyclic) bond motifs is 1. The molecule has 4 aromatic carbocycles. The van der Waals surface area contributed by atoms with Gasteiger partial charge < -0.3 is 34.5 Å². The zero-order valence-corrected chi connectivity index (χ0v) is 32.3. The van der Waals surface area contributed by atoms with Gasteiger partial charge in [-0.3, -0.25) is 4.79 Å². The summed E-state index contributed by atoms with van der Waals surface area (Å²) in [6.45, 7) is 4.36. The Morgan fingerprint density at radius 3 is 2.49 bits per heavy atom. The first kappa shape index (κ1) is 36.9. The van der Waals surface area contributed by atoms with Crippen LogP contribution in [-0.2, 0) is 11.3 Å². The monoisotopic (exact) mass is 796 g/mol. The van der Waals surface area contributed by atoms with Gasteiger partial charge in [0.25, 0.3) is 5.91 Å². The van der Waals surface area contributed by atoms with Crippen molar-refractivity contribution in [1.82, 2.24) is 19.4 Å². The second kappa shape index (κ2) is 15.6. The second-order valence-corrected chi connectivity index (χ2v) is 15.2. The van der Waals surface area contributed by atoms with Gasteiger partial charge in [-0.15, -0.1) is 0 Å². The molecule has 8 rings (SSSR count). The molecule has 0 radical (unpaired) electrons. The molecule has 0 bridgehead atoms. The fourth-order valence-electron chi connectivity index (χ4n) is 7.85. The molecule has 2 saturated heterocycles. The van der Waals surface area contributed by atoms with Gasteiger partial charge in [-0.25, -0.2) is 9.78 Å². The van der Waals surface area contributed by atoms with E-state index < -0.39 is 0 Å². The second-order valence-electron chi connectivity index (χ2n) is 14.0. The minimum absolute atomic E-state index is 0.0911. The van der Waals surface area contributed by atoms with Crippen LogP contribution in [-0.4, -0.2) is 68.8 Å². The number of cyclic esters (lactones) is 1. The Labute approximate surface area is 333 Å². The molecular formula is C42H39Cl3N6O4. The lowest BCUT2D eigenvalue weighted by Crippen LogP contribution is -2.50. The predicted octanol–water partition coefficient (Wildman–Crippen LogP) is 9.82. The molecule has 0 unspecified atom stereocenters. The Morgan fingerprint density at radius 1 is 0.982 bits per heavy atom. The highest BCUT2D eigenvalue weighted by Gasteiger charge is 2.32. The average molecular weight is 798 g/mol. The van der Waals surface area contributed by atoms with Gasteiger partial charge in [0, 0.05) is 62.8 Å². The number of nitrogens with one attached hydrogen (secondary N) is 2. The van der Waals surface area contributed by atoms with Crippen LogP contribution in [0.5, 0.6) is 0 Å². The van der Waals surface area contributed by atoms with E-state index in [1.54, 1.807) is 24.5 Å². The molecule has 2 amide bonds. The number of halogens is 3. The normalized spacial score (nSPS) is 15.7. The van der Waals surface area contributed by atoms with Crippen molar-refractivity contribution in [2.24, 2.45) is 0 Å². The summed E-state index contributed by atoms with van der Waals surface area (Å²) < 4.78 is 7.34. The van der Waals surface area contributed by atoms with Gasteiger partial charge in [0.2, 0.25) is 0 Å². The highest BCUT2D eigenvalue weighted by Crippen LogP contribution is 2.43. The number of amides is 2. The number of aromatic nitrogens is 3. The maximum Gasteiger partial charge on any atom is 0.410 e. The number of aromatic amines is 1. The third-order valence-corrected chi connectivity index (χ3v) is 11.4. The number of aliphatic hydroxyl groups excluding tert-OH is 1. The SMILES string of the molecule is C[C@@H](c1ccc(Cl)cc1Cl)n1cnc(-c2ccccc2)c1-c1c(C(=O)Nc2cc(CO)ccc2N2CCC(N3CCCOC3=O)CC2)[nH]c2cc(Cl)ccc12. The summed E-state index contributed by atoms with van der Waals surface area (Å²) in [6.07, 6.45) is 3.88. The van der Waals surface area contributed by atoms with Crippen molar-refractivity contribution in [1.29, 1.82) is 0 Å². The number of ether oxygens (including phenoxy) is 1. The molecule has 13 heteroatoms. The van der Waals surface area contributed by atoms with E-state index in [2.05, 4.69) is 15.2 Å². The van der Waals surface area contributed by atoms with Crippen molar-refractivity contribution in [3.63, 3.8) is 0 Å². The number of carbonyl (C=O) groups is 2. The maximum atomic E-state index is 14.8. The van der Waals surface area contributed by atoms with E-state index in [9.17, 15) is 14.7 Å². The summed E-state index contributed by atoms with van der Waals surface area (Å²) in [6, 6.07) is 26.2. The molecule has 0 aliphatic carbocycles. The van der Waals surface area contributed by atoms with Crippen molar-refractivity contribution in [2.75, 3.05) is 36.5 Å². The molecule has 1 atom stereocenters. The van der Waals surface area contributed by atoms with Crippen LogP contribution in [0.4, 0.5) is 16.2 Å². The molecule has 55 heavy (non-hydrogen) atoms. The minimum atomic E-state index is -0.381. The number of nitrogens with zero attached hydrogens (tertiary/aromatic N) is 4. The molecule has 2 fully saturated rings. The number of aliphatic hydroxyl groups is 1. The van der Waals surface area contributed by atoms with E-state index in [1.807, 2.05) is 83.1 Å². The lowest BCUT2D eigenvalue weighted by molar-refractivity contribution is 0.0499. The number of anilines is 2. The molecule has 0 spiro atoms. The fourth-order valence-corrected chi connectivity index (χ4v) is 8.59. The van der Waals surface area contributed by atoms with Crippen molar-refractivity contribution in [2.45, 2.75) is 44.9 Å². The van der Waals surface area contributed by atoms with Crippen LogP contribution in [0, 0.1) is 0 Å². The van der Waals surface area contributed by atoms with Gasteiger partial charge in [-0.1, -0.05) is 83.3 Å². The van der Waals surface area contributed by atoms with Gasteiger partial charge in [0.1, 0.15) is 5.69 Å². The summed E-state index contributed by atoms with van der Waals surface area (Å²) in [5.74, 6) is -0.381. The van der Waals surface area contributed by atoms with Gasteiger partial charge in [0.05, 0.1) is 48.3 Å². The molecule has 4 heterocycles. The number of hydrogen-bond acceptors (Lipinski definition) is 6. The number of piperidine rings is 1. The number of rotatable bonds is 9. The first-order chi connectivity index (χ1) is 26.7. The minimum Gasteiger partial charge on any atom is -0.449 e. The summed E-state index contributed by atoms with van der Waals surface area (Å²) in [5.41, 5.74) is 6.80. The molecule has 3 N–H and O–H groups in total. The van der Waals surface area contributed by atoms with Crippen molar-refractivity contribution < 1.29 is 19.4 Å². The third kappa shape index (κ3) is 7.27. The van der Waals surface area contributed by atoms with Crippen molar-refractivity contribution in [3.8, 4) is 22.5 Å². The number of hydrogen-bond donors (Lipinski definition) is 3. The molecule has 10 nitrogen and oxygen atoms in total. The summed E-state index contributed by atoms with van der Waals surface area (Å²) in [4.78, 5) is 39.7. The van der Waals surface area contributed by atoms with Crippen LogP contribution in [0.25, 0.3) is 33.4 Å². The standard InChI is InChI=1S/C42H39Cl3N6O4/c1-25(31-11-9-28(43)21-33(31)45)51-24-46-38(27-6-3-2-4-7-27)40(51)37-32-12-10-29(44)22-34(32)47-39(37)41(53)48-35-20-26(23-52)8-13-36(35)49-17-14-30(15-18-49)50-16-5-19-55-42(50)54/h2-4,6-13,20-22,24-25,30,47,52H,5,14-19,23H2,1H3,(H,48,53)/t25-/m0/s1.